The molecule has 0 fully saturated rings. The van der Waals surface area contributed by atoms with Crippen molar-refractivity contribution in [1.82, 2.24) is 15.1 Å². The van der Waals surface area contributed by atoms with Crippen LogP contribution < -0.4 is 5.32 Å². The van der Waals surface area contributed by atoms with Crippen LogP contribution in [-0.2, 0) is 19.3 Å². The molecule has 0 aliphatic heterocycles. The number of benzene rings is 1. The second-order valence-electron chi connectivity index (χ2n) is 5.14. The number of rotatable bonds is 5. The standard InChI is InChI=1S/C15H18F3N3/c1-11(2)21-8-7-13(20-21)10-19-9-12-5-3-4-6-14(12)15(16,17)18/h3-8,11,19H,9-10H2,1-2H3. The van der Waals surface area contributed by atoms with E-state index in [1.165, 1.54) is 12.1 Å². The van der Waals surface area contributed by atoms with Crippen molar-refractivity contribution in [2.24, 2.45) is 0 Å². The Bertz CT molecular complexity index is 588. The number of hydrogen-bond donors (Lipinski definition) is 1. The minimum Gasteiger partial charge on any atom is -0.307 e. The molecule has 0 aliphatic rings. The van der Waals surface area contributed by atoms with Crippen LogP contribution in [0.25, 0.3) is 0 Å². The number of aromatic nitrogens is 2. The van der Waals surface area contributed by atoms with Gasteiger partial charge in [-0.3, -0.25) is 4.68 Å². The van der Waals surface area contributed by atoms with E-state index < -0.39 is 11.7 Å². The average Bonchev–Trinajstić information content (AvgIpc) is 2.87. The van der Waals surface area contributed by atoms with E-state index in [4.69, 9.17) is 0 Å². The van der Waals surface area contributed by atoms with Gasteiger partial charge in [0, 0.05) is 25.3 Å². The van der Waals surface area contributed by atoms with Gasteiger partial charge in [-0.1, -0.05) is 18.2 Å². The van der Waals surface area contributed by atoms with E-state index >= 15 is 0 Å². The van der Waals surface area contributed by atoms with E-state index in [1.807, 2.05) is 30.8 Å². The number of hydrogen-bond acceptors (Lipinski definition) is 2. The lowest BCUT2D eigenvalue weighted by molar-refractivity contribution is -0.138. The van der Waals surface area contributed by atoms with E-state index in [9.17, 15) is 13.2 Å². The van der Waals surface area contributed by atoms with Crippen LogP contribution in [0.5, 0.6) is 0 Å². The maximum Gasteiger partial charge on any atom is 0.416 e. The molecule has 0 radical (unpaired) electrons. The maximum atomic E-state index is 12.8. The van der Waals surface area contributed by atoms with E-state index in [1.54, 1.807) is 6.07 Å². The van der Waals surface area contributed by atoms with Crippen LogP contribution in [0.4, 0.5) is 13.2 Å². The summed E-state index contributed by atoms with van der Waals surface area (Å²) < 4.78 is 40.4. The predicted molar refractivity (Wildman–Crippen MR) is 74.6 cm³/mol. The average molecular weight is 297 g/mol. The summed E-state index contributed by atoms with van der Waals surface area (Å²) in [6.07, 6.45) is -2.46. The van der Waals surface area contributed by atoms with E-state index in [0.717, 1.165) is 11.8 Å². The van der Waals surface area contributed by atoms with Gasteiger partial charge in [0.05, 0.1) is 11.3 Å². The Morgan fingerprint density at radius 1 is 1.14 bits per heavy atom. The third-order valence-electron chi connectivity index (χ3n) is 3.14. The monoisotopic (exact) mass is 297 g/mol. The maximum absolute atomic E-state index is 12.8. The van der Waals surface area contributed by atoms with Crippen LogP contribution >= 0.6 is 0 Å². The minimum absolute atomic E-state index is 0.157. The summed E-state index contributed by atoms with van der Waals surface area (Å²) in [4.78, 5) is 0. The zero-order valence-corrected chi connectivity index (χ0v) is 12.0. The van der Waals surface area contributed by atoms with Crippen molar-refractivity contribution in [2.45, 2.75) is 39.2 Å². The molecule has 0 spiro atoms. The molecule has 6 heteroatoms. The lowest BCUT2D eigenvalue weighted by Gasteiger charge is -2.12. The summed E-state index contributed by atoms with van der Waals surface area (Å²) >= 11 is 0. The molecular formula is C15H18F3N3. The third kappa shape index (κ3) is 4.07. The second-order valence-corrected chi connectivity index (χ2v) is 5.14. The fourth-order valence-corrected chi connectivity index (χ4v) is 2.04. The molecule has 0 bridgehead atoms. The summed E-state index contributed by atoms with van der Waals surface area (Å²) in [6.45, 7) is 4.63. The van der Waals surface area contributed by atoms with Crippen molar-refractivity contribution in [3.05, 3.63) is 53.3 Å². The largest absolute Gasteiger partial charge is 0.416 e. The molecule has 2 rings (SSSR count). The van der Waals surface area contributed by atoms with E-state index in [2.05, 4.69) is 10.4 Å². The smallest absolute Gasteiger partial charge is 0.307 e. The molecule has 0 amide bonds. The topological polar surface area (TPSA) is 29.9 Å². The first-order valence-corrected chi connectivity index (χ1v) is 6.78. The first-order chi connectivity index (χ1) is 9.88. The zero-order chi connectivity index (χ0) is 15.5. The van der Waals surface area contributed by atoms with Gasteiger partial charge in [0.1, 0.15) is 0 Å². The number of nitrogens with zero attached hydrogens (tertiary/aromatic N) is 2. The highest BCUT2D eigenvalue weighted by atomic mass is 19.4. The van der Waals surface area contributed by atoms with Crippen molar-refractivity contribution in [3.8, 4) is 0 Å². The molecule has 0 saturated carbocycles. The molecule has 0 aliphatic carbocycles. The van der Waals surface area contributed by atoms with Crippen LogP contribution in [0.3, 0.4) is 0 Å². The van der Waals surface area contributed by atoms with Gasteiger partial charge >= 0.3 is 6.18 Å². The molecule has 114 valence electrons. The van der Waals surface area contributed by atoms with Crippen LogP contribution in [0.1, 0.15) is 36.7 Å². The van der Waals surface area contributed by atoms with Gasteiger partial charge in [-0.15, -0.1) is 0 Å². The van der Waals surface area contributed by atoms with Gasteiger partial charge in [-0.2, -0.15) is 18.3 Å². The fourth-order valence-electron chi connectivity index (χ4n) is 2.04. The molecule has 1 aromatic carbocycles. The molecular weight excluding hydrogens is 279 g/mol. The zero-order valence-electron chi connectivity index (χ0n) is 12.0. The molecule has 0 unspecified atom stereocenters. The van der Waals surface area contributed by atoms with Crippen LogP contribution in [0, 0.1) is 0 Å². The molecule has 1 aromatic heterocycles. The van der Waals surface area contributed by atoms with Gasteiger partial charge in [0.2, 0.25) is 0 Å². The first kappa shape index (κ1) is 15.6. The first-order valence-electron chi connectivity index (χ1n) is 6.78. The summed E-state index contributed by atoms with van der Waals surface area (Å²) in [5, 5.41) is 7.35. The van der Waals surface area contributed by atoms with Gasteiger partial charge in [-0.25, -0.2) is 0 Å². The molecule has 3 nitrogen and oxygen atoms in total. The molecule has 1 N–H and O–H groups in total. The highest BCUT2D eigenvalue weighted by Crippen LogP contribution is 2.31. The highest BCUT2D eigenvalue weighted by molar-refractivity contribution is 5.29. The summed E-state index contributed by atoms with van der Waals surface area (Å²) in [5.41, 5.74) is 0.465. The summed E-state index contributed by atoms with van der Waals surface area (Å²) in [7, 11) is 0. The predicted octanol–water partition coefficient (Wildman–Crippen LogP) is 3.77. The van der Waals surface area contributed by atoms with Gasteiger partial charge < -0.3 is 5.32 Å². The number of halogens is 3. The Morgan fingerprint density at radius 2 is 1.86 bits per heavy atom. The molecule has 2 aromatic rings. The van der Waals surface area contributed by atoms with Crippen molar-refractivity contribution >= 4 is 0 Å². The lowest BCUT2D eigenvalue weighted by atomic mass is 10.1. The third-order valence-corrected chi connectivity index (χ3v) is 3.14. The van der Waals surface area contributed by atoms with Gasteiger partial charge in [0.25, 0.3) is 0 Å². The van der Waals surface area contributed by atoms with E-state index in [0.29, 0.717) is 6.54 Å². The highest BCUT2D eigenvalue weighted by Gasteiger charge is 2.32. The Kier molecular flexibility index (Phi) is 4.67. The van der Waals surface area contributed by atoms with E-state index in [-0.39, 0.29) is 18.2 Å². The van der Waals surface area contributed by atoms with Crippen LogP contribution in [0.15, 0.2) is 36.5 Å². The van der Waals surface area contributed by atoms with Crippen LogP contribution in [-0.4, -0.2) is 9.78 Å². The van der Waals surface area contributed by atoms with Gasteiger partial charge in [-0.05, 0) is 31.5 Å². The summed E-state index contributed by atoms with van der Waals surface area (Å²) in [6, 6.07) is 7.73. The Hall–Kier alpha value is -1.82. The van der Waals surface area contributed by atoms with Crippen LogP contribution in [0.2, 0.25) is 0 Å². The molecule has 1 heterocycles. The van der Waals surface area contributed by atoms with Crippen molar-refractivity contribution in [2.75, 3.05) is 0 Å². The Balaban J connectivity index is 1.97. The Labute approximate surface area is 121 Å². The Morgan fingerprint density at radius 3 is 2.48 bits per heavy atom. The summed E-state index contributed by atoms with van der Waals surface area (Å²) in [5.74, 6) is 0. The van der Waals surface area contributed by atoms with Crippen molar-refractivity contribution < 1.29 is 13.2 Å². The second kappa shape index (κ2) is 6.30. The van der Waals surface area contributed by atoms with Crippen molar-refractivity contribution in [1.29, 1.82) is 0 Å². The van der Waals surface area contributed by atoms with Crippen molar-refractivity contribution in [3.63, 3.8) is 0 Å². The SMILES string of the molecule is CC(C)n1ccc(CNCc2ccccc2C(F)(F)F)n1. The normalized spacial score (nSPS) is 12.1. The number of alkyl halides is 3. The molecule has 21 heavy (non-hydrogen) atoms. The molecule has 0 saturated heterocycles. The van der Waals surface area contributed by atoms with Gasteiger partial charge in [0.15, 0.2) is 0 Å². The lowest BCUT2D eigenvalue weighted by Crippen LogP contribution is -2.17. The molecule has 0 atom stereocenters. The fraction of sp³-hybridized carbons (Fsp3) is 0.400. The minimum atomic E-state index is -4.32. The quantitative estimate of drug-likeness (QED) is 0.910. The number of nitrogens with one attached hydrogen (secondary N) is 1.